The Hall–Kier alpha value is -1.02. The second kappa shape index (κ2) is 6.46. The first kappa shape index (κ1) is 12.1. The number of aromatic hydroxyl groups is 1. The largest absolute Gasteiger partial charge is 0.508 e. The maximum Gasteiger partial charge on any atom is 0.115 e. The lowest BCUT2D eigenvalue weighted by atomic mass is 10.1. The van der Waals surface area contributed by atoms with Crippen molar-refractivity contribution in [2.45, 2.75) is 33.2 Å². The molecule has 0 aromatic heterocycles. The van der Waals surface area contributed by atoms with Gasteiger partial charge in [0.15, 0.2) is 0 Å². The van der Waals surface area contributed by atoms with Crippen LogP contribution in [-0.2, 0) is 6.54 Å². The molecule has 0 spiro atoms. The molecule has 15 heavy (non-hydrogen) atoms. The molecule has 84 valence electrons. The molecule has 0 radical (unpaired) electrons. The van der Waals surface area contributed by atoms with E-state index in [1.807, 2.05) is 12.1 Å². The Morgan fingerprint density at radius 2 is 2.20 bits per heavy atom. The average Bonchev–Trinajstić information content (AvgIpc) is 2.18. The Labute approximate surface area is 92.3 Å². The molecule has 1 aromatic rings. The van der Waals surface area contributed by atoms with Gasteiger partial charge >= 0.3 is 0 Å². The van der Waals surface area contributed by atoms with Crippen molar-refractivity contribution < 1.29 is 5.11 Å². The van der Waals surface area contributed by atoms with Crippen LogP contribution in [0.15, 0.2) is 24.3 Å². The van der Waals surface area contributed by atoms with Gasteiger partial charge in [-0.05, 0) is 36.6 Å². The highest BCUT2D eigenvalue weighted by Gasteiger charge is 2.00. The SMILES string of the molecule is CCCC(C)CNCc1cccc(O)c1. The van der Waals surface area contributed by atoms with Gasteiger partial charge in [-0.15, -0.1) is 0 Å². The van der Waals surface area contributed by atoms with E-state index < -0.39 is 0 Å². The summed E-state index contributed by atoms with van der Waals surface area (Å²) in [5.74, 6) is 1.07. The van der Waals surface area contributed by atoms with Crippen LogP contribution in [0.1, 0.15) is 32.3 Å². The highest BCUT2D eigenvalue weighted by molar-refractivity contribution is 5.26. The predicted molar refractivity (Wildman–Crippen MR) is 63.9 cm³/mol. The molecule has 0 saturated carbocycles. The monoisotopic (exact) mass is 207 g/mol. The van der Waals surface area contributed by atoms with Crippen molar-refractivity contribution in [3.05, 3.63) is 29.8 Å². The fourth-order valence-corrected chi connectivity index (χ4v) is 1.72. The molecule has 0 saturated heterocycles. The van der Waals surface area contributed by atoms with Crippen LogP contribution in [0, 0.1) is 5.92 Å². The standard InChI is InChI=1S/C13H21NO/c1-3-5-11(2)9-14-10-12-6-4-7-13(15)8-12/h4,6-8,11,14-15H,3,5,9-10H2,1-2H3. The van der Waals surface area contributed by atoms with Crippen LogP contribution < -0.4 is 5.32 Å². The zero-order valence-electron chi connectivity index (χ0n) is 9.66. The van der Waals surface area contributed by atoms with Crippen LogP contribution in [0.5, 0.6) is 5.75 Å². The quantitative estimate of drug-likeness (QED) is 0.751. The highest BCUT2D eigenvalue weighted by Crippen LogP contribution is 2.10. The third-order valence-electron chi connectivity index (χ3n) is 2.51. The Bertz CT molecular complexity index is 286. The first-order valence-corrected chi connectivity index (χ1v) is 5.71. The summed E-state index contributed by atoms with van der Waals surface area (Å²) >= 11 is 0. The van der Waals surface area contributed by atoms with Gasteiger partial charge in [-0.25, -0.2) is 0 Å². The third-order valence-corrected chi connectivity index (χ3v) is 2.51. The number of hydrogen-bond acceptors (Lipinski definition) is 2. The van der Waals surface area contributed by atoms with Crippen molar-refractivity contribution in [2.75, 3.05) is 6.54 Å². The molecule has 1 atom stereocenters. The normalized spacial score (nSPS) is 12.7. The van der Waals surface area contributed by atoms with E-state index in [0.29, 0.717) is 5.75 Å². The van der Waals surface area contributed by atoms with Gasteiger partial charge in [-0.3, -0.25) is 0 Å². The van der Waals surface area contributed by atoms with Crippen molar-refractivity contribution >= 4 is 0 Å². The Morgan fingerprint density at radius 1 is 1.40 bits per heavy atom. The van der Waals surface area contributed by atoms with Gasteiger partial charge in [0, 0.05) is 6.54 Å². The van der Waals surface area contributed by atoms with E-state index in [-0.39, 0.29) is 0 Å². The smallest absolute Gasteiger partial charge is 0.115 e. The van der Waals surface area contributed by atoms with E-state index >= 15 is 0 Å². The van der Waals surface area contributed by atoms with Crippen LogP contribution in [0.2, 0.25) is 0 Å². The summed E-state index contributed by atoms with van der Waals surface area (Å²) in [5, 5.41) is 12.7. The summed E-state index contributed by atoms with van der Waals surface area (Å²) in [7, 11) is 0. The molecule has 1 unspecified atom stereocenters. The number of phenols is 1. The number of hydrogen-bond donors (Lipinski definition) is 2. The minimum absolute atomic E-state index is 0.343. The van der Waals surface area contributed by atoms with E-state index in [9.17, 15) is 5.11 Å². The zero-order chi connectivity index (χ0) is 11.1. The second-order valence-corrected chi connectivity index (χ2v) is 4.19. The third kappa shape index (κ3) is 4.84. The van der Waals surface area contributed by atoms with E-state index in [2.05, 4.69) is 19.2 Å². The second-order valence-electron chi connectivity index (χ2n) is 4.19. The fourth-order valence-electron chi connectivity index (χ4n) is 1.72. The number of phenolic OH excluding ortho intramolecular Hbond substituents is 1. The number of nitrogens with one attached hydrogen (secondary N) is 1. The lowest BCUT2D eigenvalue weighted by Crippen LogP contribution is -2.20. The van der Waals surface area contributed by atoms with Gasteiger partial charge in [0.25, 0.3) is 0 Å². The van der Waals surface area contributed by atoms with E-state index in [0.717, 1.165) is 24.6 Å². The maximum atomic E-state index is 9.28. The molecule has 1 aromatic carbocycles. The minimum atomic E-state index is 0.343. The molecule has 0 aliphatic carbocycles. The molecular weight excluding hydrogens is 186 g/mol. The van der Waals surface area contributed by atoms with Crippen molar-refractivity contribution in [1.29, 1.82) is 0 Å². The van der Waals surface area contributed by atoms with Crippen molar-refractivity contribution in [1.82, 2.24) is 5.32 Å². The Morgan fingerprint density at radius 3 is 2.87 bits per heavy atom. The fraction of sp³-hybridized carbons (Fsp3) is 0.538. The molecule has 0 fully saturated rings. The summed E-state index contributed by atoms with van der Waals surface area (Å²) < 4.78 is 0. The van der Waals surface area contributed by atoms with Gasteiger partial charge < -0.3 is 10.4 Å². The molecule has 0 amide bonds. The zero-order valence-corrected chi connectivity index (χ0v) is 9.66. The summed E-state index contributed by atoms with van der Waals surface area (Å²) in [6.45, 7) is 6.36. The summed E-state index contributed by atoms with van der Waals surface area (Å²) in [6.07, 6.45) is 2.52. The topological polar surface area (TPSA) is 32.3 Å². The van der Waals surface area contributed by atoms with E-state index in [4.69, 9.17) is 0 Å². The first-order chi connectivity index (χ1) is 7.22. The molecule has 2 nitrogen and oxygen atoms in total. The molecular formula is C13H21NO. The molecule has 0 aliphatic heterocycles. The van der Waals surface area contributed by atoms with E-state index in [1.54, 1.807) is 12.1 Å². The maximum absolute atomic E-state index is 9.28. The van der Waals surface area contributed by atoms with Gasteiger partial charge in [0.05, 0.1) is 0 Å². The van der Waals surface area contributed by atoms with Crippen LogP contribution in [0.4, 0.5) is 0 Å². The molecule has 1 rings (SSSR count). The van der Waals surface area contributed by atoms with Gasteiger partial charge in [-0.1, -0.05) is 32.4 Å². The van der Waals surface area contributed by atoms with Crippen LogP contribution in [-0.4, -0.2) is 11.7 Å². The molecule has 2 N–H and O–H groups in total. The molecule has 2 heteroatoms. The van der Waals surface area contributed by atoms with E-state index in [1.165, 1.54) is 12.8 Å². The highest BCUT2D eigenvalue weighted by atomic mass is 16.3. The summed E-state index contributed by atoms with van der Waals surface area (Å²) in [6, 6.07) is 7.40. The minimum Gasteiger partial charge on any atom is -0.508 e. The summed E-state index contributed by atoms with van der Waals surface area (Å²) in [4.78, 5) is 0. The van der Waals surface area contributed by atoms with Crippen LogP contribution in [0.25, 0.3) is 0 Å². The van der Waals surface area contributed by atoms with Crippen LogP contribution in [0.3, 0.4) is 0 Å². The van der Waals surface area contributed by atoms with Crippen molar-refractivity contribution in [3.63, 3.8) is 0 Å². The number of benzene rings is 1. The van der Waals surface area contributed by atoms with Gasteiger partial charge in [-0.2, -0.15) is 0 Å². The number of rotatable bonds is 6. The van der Waals surface area contributed by atoms with Crippen LogP contribution >= 0.6 is 0 Å². The Kier molecular flexibility index (Phi) is 5.19. The molecule has 0 heterocycles. The van der Waals surface area contributed by atoms with Crippen molar-refractivity contribution in [3.8, 4) is 5.75 Å². The molecule has 0 aliphatic rings. The van der Waals surface area contributed by atoms with Gasteiger partial charge in [0.1, 0.15) is 5.75 Å². The molecule has 0 bridgehead atoms. The predicted octanol–water partition coefficient (Wildman–Crippen LogP) is 2.92. The summed E-state index contributed by atoms with van der Waals surface area (Å²) in [5.41, 5.74) is 1.14. The lowest BCUT2D eigenvalue weighted by Gasteiger charge is -2.11. The lowest BCUT2D eigenvalue weighted by molar-refractivity contribution is 0.468. The Balaban J connectivity index is 2.25. The first-order valence-electron chi connectivity index (χ1n) is 5.71. The van der Waals surface area contributed by atoms with Crippen molar-refractivity contribution in [2.24, 2.45) is 5.92 Å². The van der Waals surface area contributed by atoms with Gasteiger partial charge in [0.2, 0.25) is 0 Å². The average molecular weight is 207 g/mol.